The molecular formula is C6H5INO4-. The van der Waals surface area contributed by atoms with Crippen LogP contribution in [0, 0.1) is 0 Å². The van der Waals surface area contributed by atoms with Gasteiger partial charge < -0.3 is 9.90 Å². The number of carbonyl (C=O) groups is 3. The van der Waals surface area contributed by atoms with Gasteiger partial charge >= 0.3 is 0 Å². The number of carboxylic acid groups (broad SMARTS) is 1. The van der Waals surface area contributed by atoms with Gasteiger partial charge in [0.1, 0.15) is 4.05 Å². The molecule has 1 aliphatic heterocycles. The van der Waals surface area contributed by atoms with Gasteiger partial charge in [-0.05, 0) is 0 Å². The average Bonchev–Trinajstić information content (AvgIpc) is 2.30. The van der Waals surface area contributed by atoms with Crippen LogP contribution in [0.4, 0.5) is 0 Å². The summed E-state index contributed by atoms with van der Waals surface area (Å²) in [6, 6.07) is 0. The number of rotatable bonds is 2. The maximum Gasteiger partial charge on any atom is 0.230 e. The van der Waals surface area contributed by atoms with E-state index in [2.05, 4.69) is 0 Å². The summed E-state index contributed by atoms with van der Waals surface area (Å²) < 4.78 is -1.18. The van der Waals surface area contributed by atoms with Crippen molar-refractivity contribution in [3.05, 3.63) is 0 Å². The second-order valence-electron chi connectivity index (χ2n) is 2.31. The molecule has 6 heteroatoms. The highest BCUT2D eigenvalue weighted by atomic mass is 127. The number of carbonyl (C=O) groups excluding carboxylic acids is 3. The van der Waals surface area contributed by atoms with Crippen LogP contribution in [0.1, 0.15) is 12.8 Å². The molecule has 0 aromatic rings. The third-order valence-electron chi connectivity index (χ3n) is 1.51. The molecule has 5 nitrogen and oxygen atoms in total. The number of nitrogens with zero attached hydrogens (tertiary/aromatic N) is 1. The van der Waals surface area contributed by atoms with Gasteiger partial charge in [0.15, 0.2) is 0 Å². The Labute approximate surface area is 81.9 Å². The molecule has 0 radical (unpaired) electrons. The van der Waals surface area contributed by atoms with Gasteiger partial charge in [-0.3, -0.25) is 14.5 Å². The van der Waals surface area contributed by atoms with Crippen LogP contribution in [0.5, 0.6) is 0 Å². The van der Waals surface area contributed by atoms with Crippen molar-refractivity contribution in [1.29, 1.82) is 0 Å². The summed E-state index contributed by atoms with van der Waals surface area (Å²) in [6.45, 7) is 0. The van der Waals surface area contributed by atoms with Crippen LogP contribution >= 0.6 is 22.6 Å². The number of amides is 2. The molecule has 1 saturated heterocycles. The number of carboxylic acids is 1. The lowest BCUT2D eigenvalue weighted by atomic mass is 10.4. The fourth-order valence-corrected chi connectivity index (χ4v) is 1.57. The molecule has 1 unspecified atom stereocenters. The van der Waals surface area contributed by atoms with E-state index in [9.17, 15) is 19.5 Å². The Morgan fingerprint density at radius 3 is 2.17 bits per heavy atom. The molecule has 12 heavy (non-hydrogen) atoms. The number of imide groups is 1. The minimum atomic E-state index is -1.42. The Kier molecular flexibility index (Phi) is 2.65. The first-order chi connectivity index (χ1) is 5.54. The van der Waals surface area contributed by atoms with Crippen molar-refractivity contribution in [1.82, 2.24) is 4.90 Å². The molecule has 2 amide bonds. The second kappa shape index (κ2) is 3.38. The van der Waals surface area contributed by atoms with Crippen molar-refractivity contribution in [3.63, 3.8) is 0 Å². The number of aliphatic carboxylic acids is 1. The van der Waals surface area contributed by atoms with Crippen molar-refractivity contribution >= 4 is 40.4 Å². The summed E-state index contributed by atoms with van der Waals surface area (Å²) in [5, 5.41) is 10.3. The number of alkyl halides is 1. The topological polar surface area (TPSA) is 77.5 Å². The van der Waals surface area contributed by atoms with Gasteiger partial charge in [0.2, 0.25) is 11.8 Å². The van der Waals surface area contributed by atoms with Crippen LogP contribution in [0.3, 0.4) is 0 Å². The lowest BCUT2D eigenvalue weighted by Gasteiger charge is -2.21. The van der Waals surface area contributed by atoms with E-state index >= 15 is 0 Å². The molecule has 0 aromatic carbocycles. The van der Waals surface area contributed by atoms with E-state index in [0.717, 1.165) is 4.90 Å². The molecule has 66 valence electrons. The molecule has 0 aliphatic carbocycles. The lowest BCUT2D eigenvalue weighted by Crippen LogP contribution is -2.46. The van der Waals surface area contributed by atoms with E-state index in [-0.39, 0.29) is 12.8 Å². The first kappa shape index (κ1) is 9.43. The first-order valence-corrected chi connectivity index (χ1v) is 4.48. The van der Waals surface area contributed by atoms with Crippen molar-refractivity contribution in [2.24, 2.45) is 0 Å². The largest absolute Gasteiger partial charge is 0.547 e. The molecule has 0 N–H and O–H groups in total. The van der Waals surface area contributed by atoms with E-state index in [1.54, 1.807) is 0 Å². The molecule has 1 fully saturated rings. The van der Waals surface area contributed by atoms with Gasteiger partial charge in [0, 0.05) is 12.8 Å². The van der Waals surface area contributed by atoms with Crippen LogP contribution < -0.4 is 5.11 Å². The molecular weight excluding hydrogens is 277 g/mol. The number of likely N-dealkylation sites (tertiary alicyclic amines) is 1. The summed E-state index contributed by atoms with van der Waals surface area (Å²) in [5.41, 5.74) is 0. The lowest BCUT2D eigenvalue weighted by molar-refractivity contribution is -0.306. The molecule has 1 rings (SSSR count). The Bertz CT molecular complexity index is 236. The predicted molar refractivity (Wildman–Crippen MR) is 43.9 cm³/mol. The minimum Gasteiger partial charge on any atom is -0.547 e. The normalized spacial score (nSPS) is 19.9. The van der Waals surface area contributed by atoms with E-state index in [1.807, 2.05) is 0 Å². The molecule has 1 atom stereocenters. The van der Waals surface area contributed by atoms with Crippen LogP contribution in [0.15, 0.2) is 0 Å². The van der Waals surface area contributed by atoms with Gasteiger partial charge in [0.25, 0.3) is 0 Å². The highest BCUT2D eigenvalue weighted by Crippen LogP contribution is 2.18. The van der Waals surface area contributed by atoms with Gasteiger partial charge in [-0.25, -0.2) is 0 Å². The highest BCUT2D eigenvalue weighted by molar-refractivity contribution is 14.1. The Balaban J connectivity index is 2.79. The molecule has 1 heterocycles. The van der Waals surface area contributed by atoms with E-state index < -0.39 is 21.8 Å². The fourth-order valence-electron chi connectivity index (χ4n) is 0.952. The quantitative estimate of drug-likeness (QED) is 0.271. The van der Waals surface area contributed by atoms with Crippen LogP contribution in [-0.2, 0) is 14.4 Å². The van der Waals surface area contributed by atoms with Crippen LogP contribution in [-0.4, -0.2) is 26.7 Å². The molecule has 1 aliphatic rings. The zero-order chi connectivity index (χ0) is 9.30. The van der Waals surface area contributed by atoms with Crippen molar-refractivity contribution < 1.29 is 19.5 Å². The van der Waals surface area contributed by atoms with Crippen LogP contribution in [0.25, 0.3) is 0 Å². The predicted octanol–water partition coefficient (Wildman–Crippen LogP) is -1.35. The smallest absolute Gasteiger partial charge is 0.230 e. The van der Waals surface area contributed by atoms with E-state index in [1.165, 1.54) is 22.6 Å². The standard InChI is InChI=1S/C6H6INO4/c7-5(6(11)12)8-3(9)1-2-4(8)10/h5H,1-2H2,(H,11,12)/p-1. The Morgan fingerprint density at radius 1 is 1.42 bits per heavy atom. The zero-order valence-corrected chi connectivity index (χ0v) is 8.11. The molecule has 0 spiro atoms. The number of hydrogen-bond acceptors (Lipinski definition) is 4. The zero-order valence-electron chi connectivity index (χ0n) is 5.95. The molecule has 0 aromatic heterocycles. The summed E-state index contributed by atoms with van der Waals surface area (Å²) in [7, 11) is 0. The monoisotopic (exact) mass is 282 g/mol. The van der Waals surface area contributed by atoms with Gasteiger partial charge in [0.05, 0.1) is 5.97 Å². The summed E-state index contributed by atoms with van der Waals surface area (Å²) in [5.74, 6) is -2.30. The maximum absolute atomic E-state index is 10.9. The summed E-state index contributed by atoms with van der Waals surface area (Å²) in [6.07, 6.45) is 0.206. The van der Waals surface area contributed by atoms with Gasteiger partial charge in [-0.2, -0.15) is 0 Å². The Hall–Kier alpha value is -0.660. The molecule has 0 saturated carbocycles. The highest BCUT2D eigenvalue weighted by Gasteiger charge is 2.34. The first-order valence-electron chi connectivity index (χ1n) is 3.24. The van der Waals surface area contributed by atoms with Crippen molar-refractivity contribution in [2.75, 3.05) is 0 Å². The van der Waals surface area contributed by atoms with E-state index in [0.29, 0.717) is 0 Å². The third kappa shape index (κ3) is 1.57. The number of halogens is 1. The van der Waals surface area contributed by atoms with Crippen LogP contribution in [0.2, 0.25) is 0 Å². The fraction of sp³-hybridized carbons (Fsp3) is 0.500. The Morgan fingerprint density at radius 2 is 1.83 bits per heavy atom. The SMILES string of the molecule is O=C([O-])C(I)N1C(=O)CCC1=O. The van der Waals surface area contributed by atoms with Gasteiger partial charge in [-0.15, -0.1) is 0 Å². The molecule has 0 bridgehead atoms. The minimum absolute atomic E-state index is 0.103. The van der Waals surface area contributed by atoms with Crippen molar-refractivity contribution in [3.8, 4) is 0 Å². The maximum atomic E-state index is 10.9. The third-order valence-corrected chi connectivity index (χ3v) is 2.58. The summed E-state index contributed by atoms with van der Waals surface area (Å²) >= 11 is 1.49. The van der Waals surface area contributed by atoms with Gasteiger partial charge in [-0.1, -0.05) is 22.6 Å². The average molecular weight is 282 g/mol. The summed E-state index contributed by atoms with van der Waals surface area (Å²) in [4.78, 5) is 32.9. The van der Waals surface area contributed by atoms with E-state index in [4.69, 9.17) is 0 Å². The second-order valence-corrected chi connectivity index (χ2v) is 3.49. The van der Waals surface area contributed by atoms with Crippen molar-refractivity contribution in [2.45, 2.75) is 16.9 Å². The number of hydrogen-bond donors (Lipinski definition) is 0.